The maximum absolute atomic E-state index is 12.8. The predicted octanol–water partition coefficient (Wildman–Crippen LogP) is 8.61. The fourth-order valence-electron chi connectivity index (χ4n) is 6.89. The molecule has 59 heavy (non-hydrogen) atoms. The van der Waals surface area contributed by atoms with Crippen molar-refractivity contribution in [1.29, 1.82) is 0 Å². The van der Waals surface area contributed by atoms with Gasteiger partial charge in [-0.05, 0) is 57.8 Å². The van der Waals surface area contributed by atoms with Gasteiger partial charge in [-0.15, -0.1) is 6.58 Å². The summed E-state index contributed by atoms with van der Waals surface area (Å²) in [7, 11) is -5.12. The average Bonchev–Trinajstić information content (AvgIpc) is 3.21. The van der Waals surface area contributed by atoms with Gasteiger partial charge < -0.3 is 39.9 Å². The van der Waals surface area contributed by atoms with Gasteiger partial charge in [-0.1, -0.05) is 140 Å². The second-order valence-electron chi connectivity index (χ2n) is 16.0. The van der Waals surface area contributed by atoms with Crippen LogP contribution in [-0.2, 0) is 32.7 Å². The Balaban J connectivity index is 2.47. The molecule has 8 atom stereocenters. The zero-order valence-electron chi connectivity index (χ0n) is 36.1. The lowest BCUT2D eigenvalue weighted by Gasteiger charge is -2.41. The Morgan fingerprint density at radius 1 is 0.576 bits per heavy atom. The molecule has 0 spiro atoms. The third-order valence-electron chi connectivity index (χ3n) is 10.6. The van der Waals surface area contributed by atoms with Crippen LogP contribution < -0.4 is 0 Å². The molecule has 1 rings (SSSR count). The monoisotopic (exact) mass is 861 g/mol. The van der Waals surface area contributed by atoms with E-state index in [1.54, 1.807) is 0 Å². The molecule has 6 N–H and O–H groups in total. The minimum Gasteiger partial charge on any atom is -0.462 e. The van der Waals surface area contributed by atoms with Crippen LogP contribution in [0, 0.1) is 0 Å². The first kappa shape index (κ1) is 55.1. The van der Waals surface area contributed by atoms with E-state index in [1.165, 1.54) is 77.0 Å². The molecule has 344 valence electrons. The normalized spacial score (nSPS) is 22.4. The lowest BCUT2D eigenvalue weighted by Crippen LogP contribution is -2.64. The maximum atomic E-state index is 12.8. The average molecular weight is 861 g/mol. The second kappa shape index (κ2) is 35.6. The van der Waals surface area contributed by atoms with Gasteiger partial charge in [0.2, 0.25) is 0 Å². The van der Waals surface area contributed by atoms with Crippen LogP contribution in [0.15, 0.2) is 37.0 Å². The molecule has 0 aromatic rings. The molecule has 1 fully saturated rings. The Hall–Kier alpha value is -1.93. The summed E-state index contributed by atoms with van der Waals surface area (Å²) in [5, 5.41) is 50.1. The Bertz CT molecular complexity index is 1160. The lowest BCUT2D eigenvalue weighted by atomic mass is 9.85. The molecule has 0 bridgehead atoms. The first-order valence-corrected chi connectivity index (χ1v) is 24.2. The van der Waals surface area contributed by atoms with Crippen LogP contribution in [-0.4, -0.2) is 98.3 Å². The molecule has 0 aliphatic heterocycles. The highest BCUT2D eigenvalue weighted by molar-refractivity contribution is 7.47. The molecule has 0 aromatic carbocycles. The summed E-state index contributed by atoms with van der Waals surface area (Å²) in [6.45, 7) is 4.78. The maximum Gasteiger partial charge on any atom is 0.472 e. The summed E-state index contributed by atoms with van der Waals surface area (Å²) in [6, 6.07) is 0. The topological polar surface area (TPSA) is 210 Å². The number of carbonyl (C=O) groups is 2. The number of esters is 2. The summed E-state index contributed by atoms with van der Waals surface area (Å²) >= 11 is 0. The van der Waals surface area contributed by atoms with Crippen molar-refractivity contribution >= 4 is 19.8 Å². The van der Waals surface area contributed by atoms with E-state index < -0.39 is 75.7 Å². The van der Waals surface area contributed by atoms with Gasteiger partial charge in [-0.3, -0.25) is 18.6 Å². The SMILES string of the molecule is C=CCCCCCCCCCCCCCCCC(=O)OC[C@H](COP(=O)(O)OC1C(O)C(O)C(O)[C@@H](O)C1O)OC(=O)CCCCCCC/C=C/C/C=C/CCCCC. The number of phosphoric acid groups is 1. The third kappa shape index (κ3) is 28.3. The van der Waals surface area contributed by atoms with Crippen LogP contribution in [0.1, 0.15) is 180 Å². The molecule has 0 radical (unpaired) electrons. The quantitative estimate of drug-likeness (QED) is 0.0149. The van der Waals surface area contributed by atoms with Gasteiger partial charge in [0.05, 0.1) is 6.61 Å². The molecule has 14 heteroatoms. The van der Waals surface area contributed by atoms with Gasteiger partial charge >= 0.3 is 19.8 Å². The number of aliphatic hydroxyl groups is 5. The highest BCUT2D eigenvalue weighted by atomic mass is 31.2. The van der Waals surface area contributed by atoms with Crippen molar-refractivity contribution in [2.24, 2.45) is 0 Å². The van der Waals surface area contributed by atoms with Crippen molar-refractivity contribution in [2.45, 2.75) is 223 Å². The van der Waals surface area contributed by atoms with E-state index >= 15 is 0 Å². The molecule has 0 saturated heterocycles. The van der Waals surface area contributed by atoms with E-state index in [9.17, 15) is 44.6 Å². The van der Waals surface area contributed by atoms with Gasteiger partial charge in [0, 0.05) is 12.8 Å². The Morgan fingerprint density at radius 3 is 1.49 bits per heavy atom. The highest BCUT2D eigenvalue weighted by Crippen LogP contribution is 2.47. The first-order valence-electron chi connectivity index (χ1n) is 22.8. The number of hydrogen-bond acceptors (Lipinski definition) is 12. The fourth-order valence-corrected chi connectivity index (χ4v) is 7.86. The molecule has 1 aliphatic carbocycles. The first-order chi connectivity index (χ1) is 28.4. The van der Waals surface area contributed by atoms with Gasteiger partial charge in [-0.25, -0.2) is 4.57 Å². The molecule has 13 nitrogen and oxygen atoms in total. The summed E-state index contributed by atoms with van der Waals surface area (Å²) in [6.07, 6.45) is 25.2. The molecule has 0 heterocycles. The number of rotatable bonds is 38. The number of ether oxygens (including phenoxy) is 2. The number of carbonyl (C=O) groups excluding carboxylic acids is 2. The van der Waals surface area contributed by atoms with Crippen molar-refractivity contribution < 1.29 is 63.1 Å². The zero-order valence-corrected chi connectivity index (χ0v) is 37.0. The van der Waals surface area contributed by atoms with E-state index in [1.807, 2.05) is 6.08 Å². The van der Waals surface area contributed by atoms with Crippen molar-refractivity contribution in [2.75, 3.05) is 13.2 Å². The number of hydrogen-bond donors (Lipinski definition) is 6. The fraction of sp³-hybridized carbons (Fsp3) is 0.822. The van der Waals surface area contributed by atoms with E-state index in [-0.39, 0.29) is 12.8 Å². The lowest BCUT2D eigenvalue weighted by molar-refractivity contribution is -0.220. The zero-order chi connectivity index (χ0) is 43.6. The molecule has 0 amide bonds. The minimum absolute atomic E-state index is 0.0806. The van der Waals surface area contributed by atoms with Gasteiger partial charge in [0.15, 0.2) is 6.10 Å². The minimum atomic E-state index is -5.12. The Morgan fingerprint density at radius 2 is 1.00 bits per heavy atom. The summed E-state index contributed by atoms with van der Waals surface area (Å²) in [5.74, 6) is -1.12. The Kier molecular flexibility index (Phi) is 33.3. The molecular weight excluding hydrogens is 779 g/mol. The highest BCUT2D eigenvalue weighted by Gasteiger charge is 2.51. The smallest absolute Gasteiger partial charge is 0.462 e. The number of allylic oxidation sites excluding steroid dienone is 5. The van der Waals surface area contributed by atoms with Crippen LogP contribution in [0.5, 0.6) is 0 Å². The second-order valence-corrected chi connectivity index (χ2v) is 17.4. The largest absolute Gasteiger partial charge is 0.472 e. The van der Waals surface area contributed by atoms with Crippen LogP contribution in [0.2, 0.25) is 0 Å². The van der Waals surface area contributed by atoms with Crippen molar-refractivity contribution in [3.63, 3.8) is 0 Å². The van der Waals surface area contributed by atoms with E-state index in [0.29, 0.717) is 12.8 Å². The van der Waals surface area contributed by atoms with Gasteiger partial charge in [0.25, 0.3) is 0 Å². The summed E-state index contributed by atoms with van der Waals surface area (Å²) in [4.78, 5) is 35.7. The molecular formula is C45H81O13P. The van der Waals surface area contributed by atoms with E-state index in [4.69, 9.17) is 18.5 Å². The Labute approximate surface area is 355 Å². The van der Waals surface area contributed by atoms with Crippen LogP contribution >= 0.6 is 7.82 Å². The summed E-state index contributed by atoms with van der Waals surface area (Å²) in [5.41, 5.74) is 0. The van der Waals surface area contributed by atoms with Crippen LogP contribution in [0.3, 0.4) is 0 Å². The van der Waals surface area contributed by atoms with Crippen molar-refractivity contribution in [3.8, 4) is 0 Å². The van der Waals surface area contributed by atoms with Crippen LogP contribution in [0.4, 0.5) is 0 Å². The van der Waals surface area contributed by atoms with E-state index in [0.717, 1.165) is 70.6 Å². The molecule has 6 unspecified atom stereocenters. The summed E-state index contributed by atoms with van der Waals surface area (Å²) < 4.78 is 33.5. The van der Waals surface area contributed by atoms with Crippen LogP contribution in [0.25, 0.3) is 0 Å². The van der Waals surface area contributed by atoms with Gasteiger partial charge in [-0.2, -0.15) is 0 Å². The predicted molar refractivity (Wildman–Crippen MR) is 230 cm³/mol. The van der Waals surface area contributed by atoms with E-state index in [2.05, 4.69) is 37.8 Å². The number of aliphatic hydroxyl groups excluding tert-OH is 5. The molecule has 1 saturated carbocycles. The van der Waals surface area contributed by atoms with Gasteiger partial charge in [0.1, 0.15) is 43.2 Å². The third-order valence-corrected chi connectivity index (χ3v) is 11.6. The number of unbranched alkanes of at least 4 members (excludes halogenated alkanes) is 21. The van der Waals surface area contributed by atoms with Crippen molar-refractivity contribution in [3.05, 3.63) is 37.0 Å². The standard InChI is InChI=1S/C45H81O13P/c1-3-5-7-9-11-13-15-17-19-21-23-25-27-29-31-33-38(46)55-35-37(36-56-59(53,54)58-45-43(51)41(49)40(48)42(50)44(45)52)57-39(47)34-32-30-28-26-24-22-20-18-16-14-12-10-8-6-4-2/h3,12,14,18,20,37,40-45,48-52H,1,4-11,13,15-17,19,21-36H2,2H3,(H,53,54)/b14-12+,20-18+/t37-,40?,41-,42?,43?,44?,45?/m1/s1. The van der Waals surface area contributed by atoms with Crippen molar-refractivity contribution in [1.82, 2.24) is 0 Å². The molecule has 1 aliphatic rings. The molecule has 0 aromatic heterocycles. The number of phosphoric ester groups is 1.